The predicted molar refractivity (Wildman–Crippen MR) is 30.7 cm³/mol. The van der Waals surface area contributed by atoms with E-state index in [2.05, 4.69) is 0 Å². The first kappa shape index (κ1) is 12.6. The maximum atomic E-state index is 10.3. The third-order valence-corrected chi connectivity index (χ3v) is 0.823. The van der Waals surface area contributed by atoms with Gasteiger partial charge in [0.15, 0.2) is 0 Å². The fraction of sp³-hybridized carbons (Fsp3) is 0.333. The van der Waals surface area contributed by atoms with Crippen LogP contribution < -0.4 is 0 Å². The zero-order valence-electron chi connectivity index (χ0n) is 5.84. The molecular weight excluding hydrogens is 209 g/mol. The molecule has 1 radical (unpaired) electrons. The monoisotopic (exact) mass is 216 g/mol. The molecule has 10 heavy (non-hydrogen) atoms. The summed E-state index contributed by atoms with van der Waals surface area (Å²) in [5, 5.41) is 8.05. The number of carboxylic acid groups (broad SMARTS) is 1. The van der Waals surface area contributed by atoms with E-state index in [1.807, 2.05) is 6.08 Å². The maximum absolute atomic E-state index is 10.3. The van der Waals surface area contributed by atoms with Gasteiger partial charge in [-0.2, -0.15) is 11.6 Å². The fourth-order valence-corrected chi connectivity index (χ4v) is 0.248. The second-order valence-corrected chi connectivity index (χ2v) is 1.61. The van der Waals surface area contributed by atoms with Crippen molar-refractivity contribution >= 4 is 11.8 Å². The van der Waals surface area contributed by atoms with Crippen LogP contribution in [0, 0.1) is 6.08 Å². The summed E-state index contributed by atoms with van der Waals surface area (Å²) in [5.74, 6) is -1.47. The molecule has 1 N–H and O–H groups in total. The molecule has 3 nitrogen and oxygen atoms in total. The number of carboxylic acids is 1. The van der Waals surface area contributed by atoms with E-state index >= 15 is 0 Å². The van der Waals surface area contributed by atoms with Crippen LogP contribution >= 0.6 is 0 Å². The molecule has 0 aromatic rings. The number of ketones is 1. The van der Waals surface area contributed by atoms with E-state index in [0.29, 0.717) is 0 Å². The van der Waals surface area contributed by atoms with E-state index in [1.54, 1.807) is 0 Å². The zero-order valence-corrected chi connectivity index (χ0v) is 8.68. The van der Waals surface area contributed by atoms with Crippen LogP contribution in [-0.2, 0) is 42.3 Å². The summed E-state index contributed by atoms with van der Waals surface area (Å²) in [7, 11) is 0. The SMILES string of the molecule is CC(=O)C(C)=[C-]C(=O)O.[Y]. The smallest absolute Gasteiger partial charge is 0.235 e. The molecule has 0 heterocycles. The van der Waals surface area contributed by atoms with Crippen molar-refractivity contribution in [2.24, 2.45) is 0 Å². The molecule has 0 atom stereocenters. The fourth-order valence-electron chi connectivity index (χ4n) is 0.248. The van der Waals surface area contributed by atoms with Crippen LogP contribution in [0.15, 0.2) is 5.57 Å². The van der Waals surface area contributed by atoms with Crippen LogP contribution in [0.4, 0.5) is 0 Å². The molecule has 0 aromatic heterocycles. The molecule has 0 unspecified atom stereocenters. The first-order valence-electron chi connectivity index (χ1n) is 2.38. The number of hydrogen-bond donors (Lipinski definition) is 1. The van der Waals surface area contributed by atoms with Crippen molar-refractivity contribution in [3.05, 3.63) is 11.6 Å². The summed E-state index contributed by atoms with van der Waals surface area (Å²) in [6, 6.07) is 0. The number of carbonyl (C=O) groups excluding carboxylic acids is 1. The maximum Gasteiger partial charge on any atom is 0.235 e. The molecule has 0 bridgehead atoms. The van der Waals surface area contributed by atoms with E-state index in [-0.39, 0.29) is 44.1 Å². The Morgan fingerprint density at radius 3 is 1.80 bits per heavy atom. The minimum Gasteiger partial charge on any atom is -0.492 e. The van der Waals surface area contributed by atoms with Crippen LogP contribution in [0.1, 0.15) is 13.8 Å². The summed E-state index contributed by atoms with van der Waals surface area (Å²) in [5.41, 5.74) is 0.141. The largest absolute Gasteiger partial charge is 0.492 e. The van der Waals surface area contributed by atoms with Gasteiger partial charge in [0.05, 0.1) is 0 Å². The van der Waals surface area contributed by atoms with Gasteiger partial charge in [0.2, 0.25) is 5.97 Å². The van der Waals surface area contributed by atoms with Crippen molar-refractivity contribution in [3.63, 3.8) is 0 Å². The number of carbonyl (C=O) groups is 2. The van der Waals surface area contributed by atoms with E-state index in [0.717, 1.165) is 0 Å². The Morgan fingerprint density at radius 2 is 1.70 bits per heavy atom. The summed E-state index contributed by atoms with van der Waals surface area (Å²) < 4.78 is 0. The minimum absolute atomic E-state index is 0. The predicted octanol–water partition coefficient (Wildman–Crippen LogP) is 0.407. The Balaban J connectivity index is 0. The molecule has 0 fully saturated rings. The average Bonchev–Trinajstić information content (AvgIpc) is 1.63. The van der Waals surface area contributed by atoms with Gasteiger partial charge in [-0.1, -0.05) is 13.8 Å². The molecule has 53 valence electrons. The third kappa shape index (κ3) is 6.11. The standard InChI is InChI=1S/C6H7O3.Y/c1-4(5(2)7)3-6(8)9;/h1-2H3,(H,8,9);/q-1;. The third-order valence-electron chi connectivity index (χ3n) is 0.823. The van der Waals surface area contributed by atoms with Crippen molar-refractivity contribution in [1.82, 2.24) is 0 Å². The normalized spacial score (nSPS) is 10.0. The van der Waals surface area contributed by atoms with Gasteiger partial charge in [-0.15, -0.1) is 0 Å². The van der Waals surface area contributed by atoms with Crippen molar-refractivity contribution in [1.29, 1.82) is 0 Å². The van der Waals surface area contributed by atoms with Crippen molar-refractivity contribution in [3.8, 4) is 0 Å². The van der Waals surface area contributed by atoms with Crippen LogP contribution in [0.5, 0.6) is 0 Å². The average molecular weight is 216 g/mol. The van der Waals surface area contributed by atoms with Gasteiger partial charge in [0.25, 0.3) is 0 Å². The molecule has 0 aliphatic heterocycles. The van der Waals surface area contributed by atoms with Gasteiger partial charge < -0.3 is 9.90 Å². The number of aliphatic carboxylic acids is 1. The molecule has 0 spiro atoms. The van der Waals surface area contributed by atoms with E-state index in [4.69, 9.17) is 5.11 Å². The summed E-state index contributed by atoms with van der Waals surface area (Å²) in [4.78, 5) is 20.1. The Bertz CT molecular complexity index is 172. The van der Waals surface area contributed by atoms with Crippen molar-refractivity contribution in [2.45, 2.75) is 13.8 Å². The van der Waals surface area contributed by atoms with Crippen LogP contribution in [0.3, 0.4) is 0 Å². The Kier molecular flexibility index (Phi) is 7.26. The van der Waals surface area contributed by atoms with E-state index in [1.165, 1.54) is 13.8 Å². The minimum atomic E-state index is -1.21. The van der Waals surface area contributed by atoms with Gasteiger partial charge in [0.1, 0.15) is 0 Å². The first-order valence-corrected chi connectivity index (χ1v) is 2.38. The Hall–Kier alpha value is -0.0161. The van der Waals surface area contributed by atoms with Crippen LogP contribution in [-0.4, -0.2) is 16.9 Å². The number of rotatable bonds is 2. The number of allylic oxidation sites excluding steroid dienone is 1. The Morgan fingerprint density at radius 1 is 1.30 bits per heavy atom. The van der Waals surface area contributed by atoms with Gasteiger partial charge in [-0.05, 0) is 0 Å². The summed E-state index contributed by atoms with van der Waals surface area (Å²) in [6.45, 7) is 2.71. The van der Waals surface area contributed by atoms with Crippen molar-refractivity contribution in [2.75, 3.05) is 0 Å². The van der Waals surface area contributed by atoms with Gasteiger partial charge in [-0.25, -0.2) is 0 Å². The molecule has 0 aliphatic rings. The number of hydrogen-bond acceptors (Lipinski definition) is 2. The number of Topliss-reactive ketones (excluding diaryl/α,β-unsaturated/α-hetero) is 1. The van der Waals surface area contributed by atoms with Gasteiger partial charge >= 0.3 is 0 Å². The van der Waals surface area contributed by atoms with Crippen LogP contribution in [0.2, 0.25) is 0 Å². The van der Waals surface area contributed by atoms with Gasteiger partial charge in [0, 0.05) is 38.5 Å². The second-order valence-electron chi connectivity index (χ2n) is 1.61. The first-order chi connectivity index (χ1) is 4.04. The summed E-state index contributed by atoms with van der Waals surface area (Å²) >= 11 is 0. The Labute approximate surface area is 84.4 Å². The van der Waals surface area contributed by atoms with Gasteiger partial charge in [-0.3, -0.25) is 4.79 Å². The summed E-state index contributed by atoms with van der Waals surface area (Å²) in [6.07, 6.45) is 1.93. The molecule has 0 saturated carbocycles. The van der Waals surface area contributed by atoms with Crippen molar-refractivity contribution < 1.29 is 47.4 Å². The topological polar surface area (TPSA) is 54.4 Å². The van der Waals surface area contributed by atoms with E-state index in [9.17, 15) is 9.59 Å². The van der Waals surface area contributed by atoms with Crippen LogP contribution in [0.25, 0.3) is 0 Å². The zero-order chi connectivity index (χ0) is 7.44. The quantitative estimate of drug-likeness (QED) is 0.537. The second kappa shape index (κ2) is 5.75. The molecule has 0 aliphatic carbocycles. The molecule has 0 amide bonds. The molecule has 4 heteroatoms. The molecule has 0 saturated heterocycles. The molecular formula is C6H7O3Y-. The molecule has 0 aromatic carbocycles. The van der Waals surface area contributed by atoms with E-state index < -0.39 is 5.97 Å². The molecule has 0 rings (SSSR count).